The van der Waals surface area contributed by atoms with E-state index < -0.39 is 5.97 Å². The number of hydrogen-bond acceptors (Lipinski definition) is 3. The van der Waals surface area contributed by atoms with E-state index in [1.807, 2.05) is 6.92 Å². The quantitative estimate of drug-likeness (QED) is 0.590. The van der Waals surface area contributed by atoms with Gasteiger partial charge in [0, 0.05) is 12.6 Å². The molecule has 0 saturated heterocycles. The molecule has 0 saturated carbocycles. The minimum absolute atomic E-state index is 0.0630. The van der Waals surface area contributed by atoms with E-state index in [0.29, 0.717) is 19.3 Å². The van der Waals surface area contributed by atoms with Crippen LogP contribution in [-0.2, 0) is 4.79 Å². The van der Waals surface area contributed by atoms with Gasteiger partial charge in [-0.15, -0.1) is 0 Å². The van der Waals surface area contributed by atoms with Gasteiger partial charge in [0.25, 0.3) is 0 Å². The zero-order valence-corrected chi connectivity index (χ0v) is 6.88. The third-order valence-electron chi connectivity index (χ3n) is 1.68. The van der Waals surface area contributed by atoms with E-state index in [-0.39, 0.29) is 12.5 Å². The summed E-state index contributed by atoms with van der Waals surface area (Å²) in [6, 6.07) is 0. The topological polar surface area (TPSA) is 60.4 Å². The zero-order valence-electron chi connectivity index (χ0n) is 6.88. The van der Waals surface area contributed by atoms with Gasteiger partial charge in [-0.2, -0.15) is 0 Å². The molecule has 11 heavy (non-hydrogen) atoms. The molecule has 0 heterocycles. The molecule has 0 aromatic heterocycles. The SMILES string of the molecule is CCCC(CCCO)C(=O)[O-]. The van der Waals surface area contributed by atoms with Crippen molar-refractivity contribution in [3.05, 3.63) is 0 Å². The Balaban J connectivity index is 3.60. The highest BCUT2D eigenvalue weighted by Gasteiger charge is 2.07. The number of aliphatic carboxylic acids is 1. The van der Waals surface area contributed by atoms with Gasteiger partial charge in [-0.1, -0.05) is 13.3 Å². The van der Waals surface area contributed by atoms with Crippen LogP contribution in [0.3, 0.4) is 0 Å². The molecule has 0 bridgehead atoms. The van der Waals surface area contributed by atoms with Gasteiger partial charge in [0.2, 0.25) is 0 Å². The second-order valence-electron chi connectivity index (χ2n) is 2.67. The number of rotatable bonds is 6. The largest absolute Gasteiger partial charge is 0.550 e. The Labute approximate surface area is 67.0 Å². The highest BCUT2D eigenvalue weighted by atomic mass is 16.4. The Morgan fingerprint density at radius 2 is 2.18 bits per heavy atom. The lowest BCUT2D eigenvalue weighted by Crippen LogP contribution is -2.31. The summed E-state index contributed by atoms with van der Waals surface area (Å²) in [4.78, 5) is 10.4. The lowest BCUT2D eigenvalue weighted by atomic mass is 9.98. The molecule has 0 fully saturated rings. The molecule has 1 unspecified atom stereocenters. The first-order chi connectivity index (χ1) is 5.22. The van der Waals surface area contributed by atoms with Crippen LogP contribution in [-0.4, -0.2) is 17.7 Å². The van der Waals surface area contributed by atoms with Crippen LogP contribution >= 0.6 is 0 Å². The summed E-state index contributed by atoms with van der Waals surface area (Å²) >= 11 is 0. The fourth-order valence-corrected chi connectivity index (χ4v) is 1.07. The van der Waals surface area contributed by atoms with Crippen molar-refractivity contribution >= 4 is 5.97 Å². The Kier molecular flexibility index (Phi) is 5.84. The number of aliphatic hydroxyl groups is 1. The molecule has 0 aromatic rings. The predicted molar refractivity (Wildman–Crippen MR) is 39.7 cm³/mol. The van der Waals surface area contributed by atoms with E-state index in [1.54, 1.807) is 0 Å². The third-order valence-corrected chi connectivity index (χ3v) is 1.68. The number of carboxylic acid groups (broad SMARTS) is 1. The summed E-state index contributed by atoms with van der Waals surface area (Å²) in [6.07, 6.45) is 2.59. The van der Waals surface area contributed by atoms with E-state index in [4.69, 9.17) is 5.11 Å². The van der Waals surface area contributed by atoms with Gasteiger partial charge in [0.1, 0.15) is 0 Å². The zero-order chi connectivity index (χ0) is 8.69. The standard InChI is InChI=1S/C8H16O3/c1-2-4-7(8(10)11)5-3-6-9/h7,9H,2-6H2,1H3,(H,10,11)/p-1. The Morgan fingerprint density at radius 1 is 1.55 bits per heavy atom. The molecule has 0 amide bonds. The van der Waals surface area contributed by atoms with Gasteiger partial charge in [-0.05, 0) is 25.2 Å². The summed E-state index contributed by atoms with van der Waals surface area (Å²) in [5, 5.41) is 18.9. The molecule has 0 radical (unpaired) electrons. The normalized spacial score (nSPS) is 12.9. The van der Waals surface area contributed by atoms with Crippen molar-refractivity contribution in [1.82, 2.24) is 0 Å². The smallest absolute Gasteiger partial charge is 0.0445 e. The lowest BCUT2D eigenvalue weighted by molar-refractivity contribution is -0.312. The number of carbonyl (C=O) groups excluding carboxylic acids is 1. The first kappa shape index (κ1) is 10.4. The van der Waals surface area contributed by atoms with Crippen LogP contribution in [0.4, 0.5) is 0 Å². The molecule has 0 aromatic carbocycles. The molecular weight excluding hydrogens is 144 g/mol. The molecule has 66 valence electrons. The number of carboxylic acids is 1. The van der Waals surface area contributed by atoms with E-state index in [0.717, 1.165) is 6.42 Å². The van der Waals surface area contributed by atoms with Crippen LogP contribution in [0.5, 0.6) is 0 Å². The molecule has 3 heteroatoms. The number of hydrogen-bond donors (Lipinski definition) is 1. The van der Waals surface area contributed by atoms with Crippen LogP contribution in [0, 0.1) is 5.92 Å². The van der Waals surface area contributed by atoms with Gasteiger partial charge in [0.15, 0.2) is 0 Å². The van der Waals surface area contributed by atoms with Gasteiger partial charge < -0.3 is 15.0 Å². The Morgan fingerprint density at radius 3 is 2.55 bits per heavy atom. The molecule has 0 rings (SSSR count). The van der Waals surface area contributed by atoms with Crippen molar-refractivity contribution in [1.29, 1.82) is 0 Å². The van der Waals surface area contributed by atoms with E-state index in [1.165, 1.54) is 0 Å². The van der Waals surface area contributed by atoms with Gasteiger partial charge in [-0.3, -0.25) is 0 Å². The van der Waals surface area contributed by atoms with Crippen molar-refractivity contribution in [2.45, 2.75) is 32.6 Å². The summed E-state index contributed by atoms with van der Waals surface area (Å²) in [7, 11) is 0. The molecule has 1 N–H and O–H groups in total. The third kappa shape index (κ3) is 4.79. The van der Waals surface area contributed by atoms with E-state index in [2.05, 4.69) is 0 Å². The first-order valence-corrected chi connectivity index (χ1v) is 4.04. The maximum Gasteiger partial charge on any atom is 0.0445 e. The van der Waals surface area contributed by atoms with Crippen molar-refractivity contribution < 1.29 is 15.0 Å². The van der Waals surface area contributed by atoms with Crippen molar-refractivity contribution in [2.24, 2.45) is 5.92 Å². The molecule has 0 spiro atoms. The predicted octanol–water partition coefficient (Wildman–Crippen LogP) is -0.0749. The maximum absolute atomic E-state index is 10.4. The van der Waals surface area contributed by atoms with Gasteiger partial charge in [-0.25, -0.2) is 0 Å². The average Bonchev–Trinajstić information content (AvgIpc) is 1.97. The fourth-order valence-electron chi connectivity index (χ4n) is 1.07. The minimum atomic E-state index is -0.986. The highest BCUT2D eigenvalue weighted by molar-refractivity contribution is 5.67. The van der Waals surface area contributed by atoms with Crippen molar-refractivity contribution in [3.8, 4) is 0 Å². The second-order valence-corrected chi connectivity index (χ2v) is 2.67. The summed E-state index contributed by atoms with van der Waals surface area (Å²) in [6.45, 7) is 2.00. The van der Waals surface area contributed by atoms with Gasteiger partial charge in [0.05, 0.1) is 0 Å². The van der Waals surface area contributed by atoms with E-state index >= 15 is 0 Å². The van der Waals surface area contributed by atoms with Crippen molar-refractivity contribution in [3.63, 3.8) is 0 Å². The molecule has 0 aliphatic carbocycles. The van der Waals surface area contributed by atoms with Crippen LogP contribution in [0.2, 0.25) is 0 Å². The summed E-state index contributed by atoms with van der Waals surface area (Å²) in [5.41, 5.74) is 0. The summed E-state index contributed by atoms with van der Waals surface area (Å²) < 4.78 is 0. The van der Waals surface area contributed by atoms with Gasteiger partial charge >= 0.3 is 0 Å². The molecular formula is C8H15O3-. The van der Waals surface area contributed by atoms with Crippen LogP contribution in [0.1, 0.15) is 32.6 Å². The van der Waals surface area contributed by atoms with E-state index in [9.17, 15) is 9.90 Å². The molecule has 0 aliphatic heterocycles. The fraction of sp³-hybridized carbons (Fsp3) is 0.875. The molecule has 1 atom stereocenters. The van der Waals surface area contributed by atoms with Crippen LogP contribution in [0.15, 0.2) is 0 Å². The van der Waals surface area contributed by atoms with Crippen LogP contribution in [0.25, 0.3) is 0 Å². The van der Waals surface area contributed by atoms with Crippen molar-refractivity contribution in [2.75, 3.05) is 6.61 Å². The van der Waals surface area contributed by atoms with Crippen LogP contribution < -0.4 is 5.11 Å². The average molecular weight is 159 g/mol. The number of carbonyl (C=O) groups is 1. The molecule has 3 nitrogen and oxygen atoms in total. The Hall–Kier alpha value is -0.570. The number of aliphatic hydroxyl groups excluding tert-OH is 1. The second kappa shape index (κ2) is 6.16. The maximum atomic E-state index is 10.4. The molecule has 0 aliphatic rings. The lowest BCUT2D eigenvalue weighted by Gasteiger charge is -2.15. The minimum Gasteiger partial charge on any atom is -0.550 e. The summed E-state index contributed by atoms with van der Waals surface area (Å²) in [5.74, 6) is -1.35. The first-order valence-electron chi connectivity index (χ1n) is 4.04. The Bertz CT molecular complexity index is 112. The monoisotopic (exact) mass is 159 g/mol. The highest BCUT2D eigenvalue weighted by Crippen LogP contribution is 2.11.